The summed E-state index contributed by atoms with van der Waals surface area (Å²) >= 11 is 0. The summed E-state index contributed by atoms with van der Waals surface area (Å²) in [5, 5.41) is 18.5. The molecule has 1 aliphatic heterocycles. The average Bonchev–Trinajstić information content (AvgIpc) is 2.49. The van der Waals surface area contributed by atoms with Crippen LogP contribution in [0.4, 0.5) is 0 Å². The summed E-state index contributed by atoms with van der Waals surface area (Å²) in [4.78, 5) is 2.06. The van der Waals surface area contributed by atoms with E-state index in [1.165, 1.54) is 7.11 Å². The van der Waals surface area contributed by atoms with E-state index in [0.717, 1.165) is 18.7 Å². The fraction of sp³-hybridized carbons (Fsp3) is 0.429. The van der Waals surface area contributed by atoms with Crippen molar-refractivity contribution in [1.82, 2.24) is 4.90 Å². The molecule has 0 bridgehead atoms. The van der Waals surface area contributed by atoms with Crippen LogP contribution in [-0.4, -0.2) is 38.3 Å². The van der Waals surface area contributed by atoms with Crippen LogP contribution in [0.25, 0.3) is 0 Å². The SMILES string of the molecule is COc1ccc(C(C#N)N2CCOCC2)cc1C#N. The maximum Gasteiger partial charge on any atom is 0.136 e. The number of nitrogens with zero attached hydrogens (tertiary/aromatic N) is 3. The molecular formula is C14H15N3O2. The Kier molecular flexibility index (Phi) is 4.35. The van der Waals surface area contributed by atoms with E-state index in [4.69, 9.17) is 14.7 Å². The van der Waals surface area contributed by atoms with Gasteiger partial charge in [0, 0.05) is 13.1 Å². The topological polar surface area (TPSA) is 69.3 Å². The smallest absolute Gasteiger partial charge is 0.136 e. The number of methoxy groups -OCH3 is 1. The van der Waals surface area contributed by atoms with Gasteiger partial charge in [-0.1, -0.05) is 6.07 Å². The van der Waals surface area contributed by atoms with Crippen LogP contribution in [0, 0.1) is 22.7 Å². The monoisotopic (exact) mass is 257 g/mol. The molecule has 5 heteroatoms. The Bertz CT molecular complexity index is 524. The van der Waals surface area contributed by atoms with Gasteiger partial charge in [-0.3, -0.25) is 4.90 Å². The van der Waals surface area contributed by atoms with Crippen molar-refractivity contribution in [3.8, 4) is 17.9 Å². The van der Waals surface area contributed by atoms with E-state index in [1.54, 1.807) is 12.1 Å². The first-order chi connectivity index (χ1) is 9.30. The normalized spacial score (nSPS) is 17.2. The van der Waals surface area contributed by atoms with Gasteiger partial charge in [0.2, 0.25) is 0 Å². The molecular weight excluding hydrogens is 242 g/mol. The summed E-state index contributed by atoms with van der Waals surface area (Å²) in [7, 11) is 1.53. The van der Waals surface area contributed by atoms with Gasteiger partial charge in [0.15, 0.2) is 0 Å². The van der Waals surface area contributed by atoms with Gasteiger partial charge in [0.05, 0.1) is 32.0 Å². The Morgan fingerprint density at radius 3 is 2.63 bits per heavy atom. The van der Waals surface area contributed by atoms with Crippen LogP contribution in [-0.2, 0) is 4.74 Å². The molecule has 19 heavy (non-hydrogen) atoms. The second-order valence-corrected chi connectivity index (χ2v) is 4.25. The fourth-order valence-electron chi connectivity index (χ4n) is 2.19. The highest BCUT2D eigenvalue weighted by Crippen LogP contribution is 2.26. The summed E-state index contributed by atoms with van der Waals surface area (Å²) in [5.74, 6) is 0.532. The number of rotatable bonds is 3. The lowest BCUT2D eigenvalue weighted by molar-refractivity contribution is 0.0266. The maximum atomic E-state index is 9.38. The molecule has 5 nitrogen and oxygen atoms in total. The van der Waals surface area contributed by atoms with Crippen LogP contribution < -0.4 is 4.74 Å². The zero-order valence-electron chi connectivity index (χ0n) is 10.8. The van der Waals surface area contributed by atoms with Gasteiger partial charge in [0.1, 0.15) is 17.9 Å². The zero-order valence-corrected chi connectivity index (χ0v) is 10.8. The molecule has 2 rings (SSSR count). The van der Waals surface area contributed by atoms with E-state index in [2.05, 4.69) is 17.0 Å². The molecule has 0 spiro atoms. The van der Waals surface area contributed by atoms with E-state index >= 15 is 0 Å². The fourth-order valence-corrected chi connectivity index (χ4v) is 2.19. The van der Waals surface area contributed by atoms with Crippen molar-refractivity contribution in [3.05, 3.63) is 29.3 Å². The number of nitriles is 2. The molecule has 1 aromatic carbocycles. The van der Waals surface area contributed by atoms with Gasteiger partial charge in [0.25, 0.3) is 0 Å². The number of morpholine rings is 1. The minimum absolute atomic E-state index is 0.345. The van der Waals surface area contributed by atoms with Crippen molar-refractivity contribution in [3.63, 3.8) is 0 Å². The molecule has 1 fully saturated rings. The predicted molar refractivity (Wildman–Crippen MR) is 68.5 cm³/mol. The molecule has 0 N–H and O–H groups in total. The first kappa shape index (κ1) is 13.4. The van der Waals surface area contributed by atoms with Crippen LogP contribution in [0.15, 0.2) is 18.2 Å². The van der Waals surface area contributed by atoms with E-state index in [-0.39, 0.29) is 6.04 Å². The molecule has 0 aliphatic carbocycles. The third kappa shape index (κ3) is 2.85. The first-order valence-electron chi connectivity index (χ1n) is 6.09. The highest BCUT2D eigenvalue weighted by atomic mass is 16.5. The zero-order chi connectivity index (χ0) is 13.7. The first-order valence-corrected chi connectivity index (χ1v) is 6.09. The predicted octanol–water partition coefficient (Wildman–Crippen LogP) is 1.46. The van der Waals surface area contributed by atoms with Gasteiger partial charge in [-0.15, -0.1) is 0 Å². The summed E-state index contributed by atoms with van der Waals surface area (Å²) in [6.07, 6.45) is 0. The second kappa shape index (κ2) is 6.19. The summed E-state index contributed by atoms with van der Waals surface area (Å²) in [6.45, 7) is 2.73. The van der Waals surface area contributed by atoms with Gasteiger partial charge in [-0.25, -0.2) is 0 Å². The lowest BCUT2D eigenvalue weighted by atomic mass is 10.0. The molecule has 98 valence electrons. The summed E-state index contributed by atoms with van der Waals surface area (Å²) < 4.78 is 10.4. The lowest BCUT2D eigenvalue weighted by Gasteiger charge is -2.30. The number of hydrogen-bond donors (Lipinski definition) is 0. The molecule has 1 unspecified atom stereocenters. The maximum absolute atomic E-state index is 9.38. The van der Waals surface area contributed by atoms with E-state index in [0.29, 0.717) is 24.5 Å². The highest BCUT2D eigenvalue weighted by molar-refractivity contribution is 5.46. The quantitative estimate of drug-likeness (QED) is 0.820. The van der Waals surface area contributed by atoms with Crippen LogP contribution in [0.3, 0.4) is 0 Å². The third-order valence-electron chi connectivity index (χ3n) is 3.19. The Balaban J connectivity index is 2.28. The number of hydrogen-bond acceptors (Lipinski definition) is 5. The standard InChI is InChI=1S/C14H15N3O2/c1-18-14-3-2-11(8-12(14)9-15)13(10-16)17-4-6-19-7-5-17/h2-3,8,13H,4-7H2,1H3. The molecule has 1 heterocycles. The van der Waals surface area contributed by atoms with Crippen molar-refractivity contribution < 1.29 is 9.47 Å². The molecule has 0 amide bonds. The van der Waals surface area contributed by atoms with Crippen LogP contribution in [0.5, 0.6) is 5.75 Å². The third-order valence-corrected chi connectivity index (χ3v) is 3.19. The van der Waals surface area contributed by atoms with Gasteiger partial charge < -0.3 is 9.47 Å². The van der Waals surface area contributed by atoms with Crippen LogP contribution in [0.1, 0.15) is 17.2 Å². The molecule has 0 radical (unpaired) electrons. The molecule has 1 atom stereocenters. The number of benzene rings is 1. The Morgan fingerprint density at radius 1 is 1.32 bits per heavy atom. The molecule has 0 saturated carbocycles. The van der Waals surface area contributed by atoms with Crippen molar-refractivity contribution in [2.45, 2.75) is 6.04 Å². The molecule has 1 aromatic rings. The second-order valence-electron chi connectivity index (χ2n) is 4.25. The minimum atomic E-state index is -0.345. The van der Waals surface area contributed by atoms with Crippen LogP contribution >= 0.6 is 0 Å². The lowest BCUT2D eigenvalue weighted by Crippen LogP contribution is -2.38. The van der Waals surface area contributed by atoms with E-state index in [1.807, 2.05) is 6.07 Å². The highest BCUT2D eigenvalue weighted by Gasteiger charge is 2.23. The largest absolute Gasteiger partial charge is 0.495 e. The van der Waals surface area contributed by atoms with E-state index < -0.39 is 0 Å². The molecule has 0 aromatic heterocycles. The van der Waals surface area contributed by atoms with Crippen LogP contribution in [0.2, 0.25) is 0 Å². The Labute approximate surface area is 112 Å². The Hall–Kier alpha value is -2.08. The summed E-state index contributed by atoms with van der Waals surface area (Å²) in [5.41, 5.74) is 1.27. The van der Waals surface area contributed by atoms with Gasteiger partial charge >= 0.3 is 0 Å². The van der Waals surface area contributed by atoms with Gasteiger partial charge in [-0.2, -0.15) is 10.5 Å². The number of ether oxygens (including phenoxy) is 2. The summed E-state index contributed by atoms with van der Waals surface area (Å²) in [6, 6.07) is 9.34. The van der Waals surface area contributed by atoms with Crippen molar-refractivity contribution >= 4 is 0 Å². The van der Waals surface area contributed by atoms with Crippen molar-refractivity contribution in [2.75, 3.05) is 33.4 Å². The van der Waals surface area contributed by atoms with Crippen molar-refractivity contribution in [1.29, 1.82) is 10.5 Å². The van der Waals surface area contributed by atoms with Crippen molar-refractivity contribution in [2.24, 2.45) is 0 Å². The van der Waals surface area contributed by atoms with Gasteiger partial charge in [-0.05, 0) is 17.7 Å². The molecule has 1 aliphatic rings. The average molecular weight is 257 g/mol. The Morgan fingerprint density at radius 2 is 2.05 bits per heavy atom. The van der Waals surface area contributed by atoms with E-state index in [9.17, 15) is 5.26 Å². The molecule has 1 saturated heterocycles. The minimum Gasteiger partial charge on any atom is -0.495 e.